The van der Waals surface area contributed by atoms with E-state index >= 15 is 0 Å². The van der Waals surface area contributed by atoms with Crippen LogP contribution in [0.4, 0.5) is 13.2 Å². The van der Waals surface area contributed by atoms with Crippen LogP contribution in [0.25, 0.3) is 11.1 Å². The van der Waals surface area contributed by atoms with Crippen molar-refractivity contribution in [2.24, 2.45) is 0 Å². The Labute approximate surface area is 130 Å². The molecule has 2 N–H and O–H groups in total. The molecule has 116 valence electrons. The fraction of sp³-hybridized carbons (Fsp3) is 0.125. The standard InChI is InChI=1S/C16H11F3N4/c1-9-4-11(6-12(5-9)15(22)13(21)7-20)10-2-3-14(23-8-10)16(17,18)19/h2-6,8,21-22H,1H3. The summed E-state index contributed by atoms with van der Waals surface area (Å²) in [5.74, 6) is 0. The number of aromatic nitrogens is 1. The summed E-state index contributed by atoms with van der Waals surface area (Å²) >= 11 is 0. The first-order valence-corrected chi connectivity index (χ1v) is 6.45. The van der Waals surface area contributed by atoms with Gasteiger partial charge in [0, 0.05) is 17.3 Å². The second kappa shape index (κ2) is 6.01. The van der Waals surface area contributed by atoms with Crippen molar-refractivity contribution in [2.45, 2.75) is 13.1 Å². The Balaban J connectivity index is 2.45. The van der Waals surface area contributed by atoms with Gasteiger partial charge in [-0.3, -0.25) is 15.8 Å². The Bertz CT molecular complexity index is 815. The highest BCUT2D eigenvalue weighted by Crippen LogP contribution is 2.29. The van der Waals surface area contributed by atoms with Gasteiger partial charge in [-0.05, 0) is 36.2 Å². The molecule has 0 aliphatic heterocycles. The predicted octanol–water partition coefficient (Wildman–Crippen LogP) is 3.99. The number of alkyl halides is 3. The average Bonchev–Trinajstić information content (AvgIpc) is 2.52. The van der Waals surface area contributed by atoms with Crippen molar-refractivity contribution in [2.75, 3.05) is 0 Å². The fourth-order valence-corrected chi connectivity index (χ4v) is 2.03. The van der Waals surface area contributed by atoms with Crippen LogP contribution in [0.5, 0.6) is 0 Å². The van der Waals surface area contributed by atoms with Crippen molar-refractivity contribution in [1.29, 1.82) is 16.1 Å². The molecular formula is C16H11F3N4. The number of pyridine rings is 1. The molecule has 0 spiro atoms. The summed E-state index contributed by atoms with van der Waals surface area (Å²) in [6, 6.07) is 8.69. The van der Waals surface area contributed by atoms with Crippen molar-refractivity contribution in [3.05, 3.63) is 53.3 Å². The van der Waals surface area contributed by atoms with E-state index in [2.05, 4.69) is 4.98 Å². The number of nitrogens with zero attached hydrogens (tertiary/aromatic N) is 2. The van der Waals surface area contributed by atoms with Crippen LogP contribution in [-0.2, 0) is 6.18 Å². The van der Waals surface area contributed by atoms with Crippen LogP contribution in [0.2, 0.25) is 0 Å². The van der Waals surface area contributed by atoms with Gasteiger partial charge in [-0.25, -0.2) is 0 Å². The van der Waals surface area contributed by atoms with E-state index in [9.17, 15) is 13.2 Å². The van der Waals surface area contributed by atoms with E-state index in [1.54, 1.807) is 31.2 Å². The van der Waals surface area contributed by atoms with Crippen LogP contribution in [0, 0.1) is 29.1 Å². The van der Waals surface area contributed by atoms with Gasteiger partial charge in [0.2, 0.25) is 0 Å². The lowest BCUT2D eigenvalue weighted by Crippen LogP contribution is -2.11. The largest absolute Gasteiger partial charge is 0.433 e. The molecule has 0 unspecified atom stereocenters. The first kappa shape index (κ1) is 16.4. The molecule has 2 rings (SSSR count). The minimum absolute atomic E-state index is 0.239. The molecule has 0 saturated carbocycles. The lowest BCUT2D eigenvalue weighted by atomic mass is 9.97. The van der Waals surface area contributed by atoms with Crippen molar-refractivity contribution in [3.8, 4) is 17.2 Å². The van der Waals surface area contributed by atoms with Crippen molar-refractivity contribution in [3.63, 3.8) is 0 Å². The van der Waals surface area contributed by atoms with Gasteiger partial charge in [0.15, 0.2) is 5.71 Å². The maximum absolute atomic E-state index is 12.5. The number of nitriles is 1. The SMILES string of the molecule is Cc1cc(C(=N)C(=N)C#N)cc(-c2ccc(C(F)(F)F)nc2)c1. The molecule has 4 nitrogen and oxygen atoms in total. The lowest BCUT2D eigenvalue weighted by Gasteiger charge is -2.09. The zero-order valence-electron chi connectivity index (χ0n) is 12.0. The van der Waals surface area contributed by atoms with Crippen LogP contribution in [-0.4, -0.2) is 16.4 Å². The number of nitrogens with one attached hydrogen (secondary N) is 2. The Morgan fingerprint density at radius 2 is 1.83 bits per heavy atom. The minimum Gasteiger partial charge on any atom is -0.297 e. The van der Waals surface area contributed by atoms with Gasteiger partial charge in [0.1, 0.15) is 11.8 Å². The Morgan fingerprint density at radius 1 is 1.13 bits per heavy atom. The third kappa shape index (κ3) is 3.61. The molecule has 1 aromatic heterocycles. The van der Waals surface area contributed by atoms with E-state index < -0.39 is 17.6 Å². The Morgan fingerprint density at radius 3 is 2.35 bits per heavy atom. The molecule has 1 heterocycles. The third-order valence-electron chi connectivity index (χ3n) is 3.12. The monoisotopic (exact) mass is 316 g/mol. The maximum Gasteiger partial charge on any atom is 0.433 e. The van der Waals surface area contributed by atoms with Gasteiger partial charge in [0.05, 0.1) is 5.71 Å². The minimum atomic E-state index is -4.50. The number of benzene rings is 1. The molecule has 7 heteroatoms. The van der Waals surface area contributed by atoms with E-state index in [1.807, 2.05) is 0 Å². The van der Waals surface area contributed by atoms with Gasteiger partial charge >= 0.3 is 6.18 Å². The van der Waals surface area contributed by atoms with Gasteiger partial charge < -0.3 is 0 Å². The summed E-state index contributed by atoms with van der Waals surface area (Å²) in [7, 11) is 0. The normalized spacial score (nSPS) is 10.9. The van der Waals surface area contributed by atoms with Crippen molar-refractivity contribution < 1.29 is 13.2 Å². The van der Waals surface area contributed by atoms with Crippen LogP contribution < -0.4 is 0 Å². The summed E-state index contributed by atoms with van der Waals surface area (Å²) in [6.07, 6.45) is -3.39. The molecule has 0 bridgehead atoms. The summed E-state index contributed by atoms with van der Waals surface area (Å²) < 4.78 is 37.6. The molecule has 0 atom stereocenters. The van der Waals surface area contributed by atoms with Crippen LogP contribution >= 0.6 is 0 Å². The first-order chi connectivity index (χ1) is 10.7. The molecule has 0 amide bonds. The molecule has 0 radical (unpaired) electrons. The Hall–Kier alpha value is -3.01. The van der Waals surface area contributed by atoms with Crippen LogP contribution in [0.3, 0.4) is 0 Å². The van der Waals surface area contributed by atoms with Crippen molar-refractivity contribution >= 4 is 11.4 Å². The van der Waals surface area contributed by atoms with Crippen molar-refractivity contribution in [1.82, 2.24) is 4.98 Å². The third-order valence-corrected chi connectivity index (χ3v) is 3.12. The molecule has 0 saturated heterocycles. The lowest BCUT2D eigenvalue weighted by molar-refractivity contribution is -0.141. The number of hydrogen-bond donors (Lipinski definition) is 2. The quantitative estimate of drug-likeness (QED) is 0.839. The number of hydrogen-bond acceptors (Lipinski definition) is 4. The van der Waals surface area contributed by atoms with Crippen LogP contribution in [0.15, 0.2) is 36.5 Å². The second-order valence-electron chi connectivity index (χ2n) is 4.88. The van der Waals surface area contributed by atoms with Gasteiger partial charge in [-0.1, -0.05) is 12.1 Å². The topological polar surface area (TPSA) is 84.4 Å². The molecule has 0 aliphatic carbocycles. The first-order valence-electron chi connectivity index (χ1n) is 6.45. The second-order valence-corrected chi connectivity index (χ2v) is 4.88. The van der Waals surface area contributed by atoms with Gasteiger partial charge in [-0.2, -0.15) is 18.4 Å². The van der Waals surface area contributed by atoms with Gasteiger partial charge in [-0.15, -0.1) is 0 Å². The maximum atomic E-state index is 12.5. The molecule has 1 aromatic carbocycles. The average molecular weight is 316 g/mol. The smallest absolute Gasteiger partial charge is 0.297 e. The number of halogens is 3. The van der Waals surface area contributed by atoms with E-state index in [4.69, 9.17) is 16.1 Å². The zero-order chi connectivity index (χ0) is 17.2. The van der Waals surface area contributed by atoms with E-state index in [-0.39, 0.29) is 5.71 Å². The zero-order valence-corrected chi connectivity index (χ0v) is 12.0. The molecule has 2 aromatic rings. The predicted molar refractivity (Wildman–Crippen MR) is 79.6 cm³/mol. The number of aryl methyl sites for hydroxylation is 1. The number of rotatable bonds is 3. The summed E-state index contributed by atoms with van der Waals surface area (Å²) in [5.41, 5.74) is 0.438. The van der Waals surface area contributed by atoms with E-state index in [0.29, 0.717) is 16.7 Å². The summed E-state index contributed by atoms with van der Waals surface area (Å²) in [6.45, 7) is 1.76. The highest BCUT2D eigenvalue weighted by atomic mass is 19.4. The molecule has 0 aliphatic rings. The highest BCUT2D eigenvalue weighted by molar-refractivity contribution is 6.51. The highest BCUT2D eigenvalue weighted by Gasteiger charge is 2.32. The van der Waals surface area contributed by atoms with Gasteiger partial charge in [0.25, 0.3) is 0 Å². The fourth-order valence-electron chi connectivity index (χ4n) is 2.03. The summed E-state index contributed by atoms with van der Waals surface area (Å²) in [5, 5.41) is 23.9. The van der Waals surface area contributed by atoms with Crippen LogP contribution in [0.1, 0.15) is 16.8 Å². The molecule has 0 fully saturated rings. The van der Waals surface area contributed by atoms with E-state index in [0.717, 1.165) is 17.8 Å². The Kier molecular flexibility index (Phi) is 4.27. The summed E-state index contributed by atoms with van der Waals surface area (Å²) in [4.78, 5) is 3.41. The molecular weight excluding hydrogens is 305 g/mol. The van der Waals surface area contributed by atoms with E-state index in [1.165, 1.54) is 6.07 Å². The molecule has 23 heavy (non-hydrogen) atoms.